The number of rotatable bonds is 4. The van der Waals surface area contributed by atoms with Crippen LogP contribution < -0.4 is 9.62 Å². The predicted molar refractivity (Wildman–Crippen MR) is 104 cm³/mol. The molecule has 5 nitrogen and oxygen atoms in total. The Kier molecular flexibility index (Phi) is 5.05. The highest BCUT2D eigenvalue weighted by Gasteiger charge is 2.28. The average Bonchev–Trinajstić information content (AvgIpc) is 2.93. The number of anilines is 1. The standard InChI is InChI=1S/C20H24N2O3S/c1-14-10-15(2)19(16(3)11-14)13-21-20(23)17-6-4-7-18(12-17)22-8-5-9-26(22,24)25/h4,6-7,10-12H,5,8-9,13H2,1-3H3,(H,21,23). The first-order valence-electron chi connectivity index (χ1n) is 8.73. The average molecular weight is 372 g/mol. The smallest absolute Gasteiger partial charge is 0.251 e. The Bertz CT molecular complexity index is 928. The Morgan fingerprint density at radius 1 is 1.12 bits per heavy atom. The Morgan fingerprint density at radius 2 is 1.81 bits per heavy atom. The molecule has 0 radical (unpaired) electrons. The molecule has 0 unspecified atom stereocenters. The van der Waals surface area contributed by atoms with Crippen LogP contribution in [0.4, 0.5) is 5.69 Å². The molecule has 3 rings (SSSR count). The van der Waals surface area contributed by atoms with Crippen molar-refractivity contribution >= 4 is 21.6 Å². The fourth-order valence-electron chi connectivity index (χ4n) is 3.49. The van der Waals surface area contributed by atoms with Crippen molar-refractivity contribution in [2.24, 2.45) is 0 Å². The Balaban J connectivity index is 1.76. The van der Waals surface area contributed by atoms with Crippen molar-refractivity contribution < 1.29 is 13.2 Å². The second-order valence-corrected chi connectivity index (χ2v) is 8.86. The quantitative estimate of drug-likeness (QED) is 0.897. The van der Waals surface area contributed by atoms with Crippen LogP contribution in [0.3, 0.4) is 0 Å². The van der Waals surface area contributed by atoms with Crippen LogP contribution in [-0.2, 0) is 16.6 Å². The van der Waals surface area contributed by atoms with Crippen molar-refractivity contribution in [2.75, 3.05) is 16.6 Å². The zero-order chi connectivity index (χ0) is 18.9. The van der Waals surface area contributed by atoms with Crippen LogP contribution >= 0.6 is 0 Å². The lowest BCUT2D eigenvalue weighted by Crippen LogP contribution is -2.27. The molecule has 1 fully saturated rings. The summed E-state index contributed by atoms with van der Waals surface area (Å²) in [4.78, 5) is 12.6. The first kappa shape index (κ1) is 18.5. The van der Waals surface area contributed by atoms with Crippen molar-refractivity contribution in [1.29, 1.82) is 0 Å². The molecule has 2 aromatic carbocycles. The maximum absolute atomic E-state index is 12.6. The number of aryl methyl sites for hydroxylation is 3. The minimum absolute atomic E-state index is 0.162. The van der Waals surface area contributed by atoms with Crippen LogP contribution in [0, 0.1) is 20.8 Å². The van der Waals surface area contributed by atoms with Gasteiger partial charge in [0, 0.05) is 18.7 Å². The molecule has 26 heavy (non-hydrogen) atoms. The third kappa shape index (κ3) is 3.75. The summed E-state index contributed by atoms with van der Waals surface area (Å²) in [5.41, 5.74) is 5.64. The highest BCUT2D eigenvalue weighted by Crippen LogP contribution is 2.25. The summed E-state index contributed by atoms with van der Waals surface area (Å²) in [7, 11) is -3.25. The first-order chi connectivity index (χ1) is 12.3. The summed E-state index contributed by atoms with van der Waals surface area (Å²) in [5.74, 6) is -0.0436. The van der Waals surface area contributed by atoms with E-state index in [1.54, 1.807) is 24.3 Å². The second kappa shape index (κ2) is 7.11. The molecule has 138 valence electrons. The number of nitrogens with zero attached hydrogens (tertiary/aromatic N) is 1. The minimum Gasteiger partial charge on any atom is -0.348 e. The van der Waals surface area contributed by atoms with Gasteiger partial charge in [0.15, 0.2) is 0 Å². The maximum Gasteiger partial charge on any atom is 0.251 e. The largest absolute Gasteiger partial charge is 0.348 e. The summed E-state index contributed by atoms with van der Waals surface area (Å²) in [5, 5.41) is 2.95. The van der Waals surface area contributed by atoms with Crippen molar-refractivity contribution in [2.45, 2.75) is 33.7 Å². The van der Waals surface area contributed by atoms with Crippen molar-refractivity contribution in [3.05, 3.63) is 64.2 Å². The third-order valence-corrected chi connectivity index (χ3v) is 6.63. The molecule has 0 aliphatic carbocycles. The van der Waals surface area contributed by atoms with E-state index in [9.17, 15) is 13.2 Å². The Labute approximate surface area is 155 Å². The SMILES string of the molecule is Cc1cc(C)c(CNC(=O)c2cccc(N3CCCS3(=O)=O)c2)c(C)c1. The number of sulfonamides is 1. The molecule has 0 saturated carbocycles. The fraction of sp³-hybridized carbons (Fsp3) is 0.350. The number of hydrogen-bond acceptors (Lipinski definition) is 3. The van der Waals surface area contributed by atoms with E-state index in [1.807, 2.05) is 13.8 Å². The van der Waals surface area contributed by atoms with Gasteiger partial charge in [0.2, 0.25) is 10.0 Å². The number of carbonyl (C=O) groups is 1. The van der Waals surface area contributed by atoms with Gasteiger partial charge >= 0.3 is 0 Å². The topological polar surface area (TPSA) is 66.5 Å². The lowest BCUT2D eigenvalue weighted by atomic mass is 10.00. The van der Waals surface area contributed by atoms with Gasteiger partial charge in [-0.2, -0.15) is 0 Å². The van der Waals surface area contributed by atoms with Crippen LogP contribution in [0.15, 0.2) is 36.4 Å². The normalized spacial score (nSPS) is 15.9. The van der Waals surface area contributed by atoms with Crippen molar-refractivity contribution in [3.8, 4) is 0 Å². The van der Waals surface area contributed by atoms with E-state index in [0.717, 1.165) is 16.7 Å². The number of nitrogens with one attached hydrogen (secondary N) is 1. The summed E-state index contributed by atoms with van der Waals surface area (Å²) in [6, 6.07) is 11.0. The second-order valence-electron chi connectivity index (χ2n) is 6.85. The van der Waals surface area contributed by atoms with Gasteiger partial charge in [-0.3, -0.25) is 9.10 Å². The van der Waals surface area contributed by atoms with Gasteiger partial charge in [-0.25, -0.2) is 8.42 Å². The molecule has 1 aliphatic rings. The predicted octanol–water partition coefficient (Wildman–Crippen LogP) is 3.08. The van der Waals surface area contributed by atoms with Crippen LogP contribution in [0.1, 0.15) is 39.0 Å². The lowest BCUT2D eigenvalue weighted by Gasteiger charge is -2.18. The highest BCUT2D eigenvalue weighted by molar-refractivity contribution is 7.93. The number of benzene rings is 2. The monoisotopic (exact) mass is 372 g/mol. The van der Waals surface area contributed by atoms with E-state index in [1.165, 1.54) is 9.87 Å². The molecule has 2 aromatic rings. The van der Waals surface area contributed by atoms with Gasteiger partial charge in [0.1, 0.15) is 0 Å². The van der Waals surface area contributed by atoms with Crippen LogP contribution in [0.2, 0.25) is 0 Å². The summed E-state index contributed by atoms with van der Waals surface area (Å²) < 4.78 is 25.6. The van der Waals surface area contributed by atoms with Crippen LogP contribution in [-0.4, -0.2) is 26.6 Å². The lowest BCUT2D eigenvalue weighted by molar-refractivity contribution is 0.0951. The number of hydrogen-bond donors (Lipinski definition) is 1. The van der Waals surface area contributed by atoms with E-state index in [4.69, 9.17) is 0 Å². The zero-order valence-electron chi connectivity index (χ0n) is 15.4. The van der Waals surface area contributed by atoms with Crippen LogP contribution in [0.25, 0.3) is 0 Å². The fourth-order valence-corrected chi connectivity index (χ4v) is 5.05. The van der Waals surface area contributed by atoms with Crippen molar-refractivity contribution in [3.63, 3.8) is 0 Å². The van der Waals surface area contributed by atoms with Gasteiger partial charge in [0.25, 0.3) is 5.91 Å². The number of amides is 1. The zero-order valence-corrected chi connectivity index (χ0v) is 16.2. The molecule has 0 aromatic heterocycles. The molecule has 1 heterocycles. The van der Waals surface area contributed by atoms with E-state index in [0.29, 0.717) is 30.8 Å². The number of carbonyl (C=O) groups excluding carboxylic acids is 1. The molecular formula is C20H24N2O3S. The molecule has 1 N–H and O–H groups in total. The Hall–Kier alpha value is -2.34. The highest BCUT2D eigenvalue weighted by atomic mass is 32.2. The van der Waals surface area contributed by atoms with Gasteiger partial charge in [-0.15, -0.1) is 0 Å². The van der Waals surface area contributed by atoms with Crippen LogP contribution in [0.5, 0.6) is 0 Å². The summed E-state index contributed by atoms with van der Waals surface area (Å²) in [6.45, 7) is 7.05. The Morgan fingerprint density at radius 3 is 2.42 bits per heavy atom. The van der Waals surface area contributed by atoms with Gasteiger partial charge < -0.3 is 5.32 Å². The first-order valence-corrected chi connectivity index (χ1v) is 10.3. The van der Waals surface area contributed by atoms with Gasteiger partial charge in [0.05, 0.1) is 11.4 Å². The van der Waals surface area contributed by atoms with E-state index in [-0.39, 0.29) is 11.7 Å². The molecule has 0 atom stereocenters. The van der Waals surface area contributed by atoms with E-state index in [2.05, 4.69) is 24.4 Å². The summed E-state index contributed by atoms with van der Waals surface area (Å²) in [6.07, 6.45) is 0.616. The molecule has 0 bridgehead atoms. The summed E-state index contributed by atoms with van der Waals surface area (Å²) >= 11 is 0. The maximum atomic E-state index is 12.6. The van der Waals surface area contributed by atoms with Crippen molar-refractivity contribution in [1.82, 2.24) is 5.32 Å². The molecular weight excluding hydrogens is 348 g/mol. The minimum atomic E-state index is -3.25. The van der Waals surface area contributed by atoms with E-state index >= 15 is 0 Å². The van der Waals surface area contributed by atoms with Gasteiger partial charge in [-0.1, -0.05) is 23.8 Å². The molecule has 0 spiro atoms. The molecule has 1 saturated heterocycles. The van der Waals surface area contributed by atoms with E-state index < -0.39 is 10.0 Å². The molecule has 1 amide bonds. The molecule has 6 heteroatoms. The molecule has 1 aliphatic heterocycles. The third-order valence-electron chi connectivity index (χ3n) is 4.76. The van der Waals surface area contributed by atoms with Gasteiger partial charge in [-0.05, 0) is 62.1 Å².